The first-order valence-electron chi connectivity index (χ1n) is 8.42. The van der Waals surface area contributed by atoms with Crippen molar-refractivity contribution in [3.63, 3.8) is 0 Å². The minimum atomic E-state index is -1.44. The van der Waals surface area contributed by atoms with Crippen LogP contribution >= 0.6 is 0 Å². The Kier molecular flexibility index (Phi) is 2.63. The number of hydrogen-bond acceptors (Lipinski definition) is 5. The van der Waals surface area contributed by atoms with Gasteiger partial charge in [-0.05, 0) is 35.6 Å². The number of Topliss-reactive ketones (excluding diaryl/α,β-unsaturated/α-hetero) is 2. The van der Waals surface area contributed by atoms with E-state index in [1.807, 2.05) is 0 Å². The van der Waals surface area contributed by atoms with Crippen LogP contribution in [0.15, 0.2) is 30.3 Å². The van der Waals surface area contributed by atoms with E-state index in [4.69, 9.17) is 0 Å². The fraction of sp³-hybridized carbons (Fsp3) is 0.300. The zero-order valence-electron chi connectivity index (χ0n) is 13.3. The third-order valence-electron chi connectivity index (χ3n) is 6.13. The number of hydrogen-bond donors (Lipinski definition) is 3. The maximum atomic E-state index is 12.7. The lowest BCUT2D eigenvalue weighted by atomic mass is 9.67. The van der Waals surface area contributed by atoms with Crippen molar-refractivity contribution in [3.05, 3.63) is 58.1 Å². The van der Waals surface area contributed by atoms with Gasteiger partial charge in [-0.15, -0.1) is 0 Å². The number of carbonyl (C=O) groups excluding carboxylic acids is 2. The van der Waals surface area contributed by atoms with Gasteiger partial charge in [0.1, 0.15) is 17.1 Å². The van der Waals surface area contributed by atoms with Crippen LogP contribution in [0.2, 0.25) is 0 Å². The van der Waals surface area contributed by atoms with E-state index in [0.29, 0.717) is 29.5 Å². The van der Waals surface area contributed by atoms with Crippen LogP contribution in [0.1, 0.15) is 62.6 Å². The van der Waals surface area contributed by atoms with Crippen LogP contribution in [0, 0.1) is 5.92 Å². The summed E-state index contributed by atoms with van der Waals surface area (Å²) >= 11 is 0. The van der Waals surface area contributed by atoms with Crippen molar-refractivity contribution in [1.82, 2.24) is 0 Å². The molecule has 0 saturated carbocycles. The molecule has 0 radical (unpaired) electrons. The first-order valence-corrected chi connectivity index (χ1v) is 8.42. The highest BCUT2D eigenvalue weighted by Gasteiger charge is 2.58. The SMILES string of the molecule is O=C1C[C@@H]2[C@H]3CCC(=O)c4c(O)ccc(c43)[C@]2(O)c2cccc(O)c21. The lowest BCUT2D eigenvalue weighted by molar-refractivity contribution is 0.00800. The van der Waals surface area contributed by atoms with E-state index in [2.05, 4.69) is 0 Å². The Balaban J connectivity index is 1.88. The second-order valence-corrected chi connectivity index (χ2v) is 7.19. The van der Waals surface area contributed by atoms with Crippen LogP contribution in [-0.2, 0) is 5.60 Å². The molecule has 0 saturated heterocycles. The first kappa shape index (κ1) is 14.7. The molecule has 3 atom stereocenters. The van der Waals surface area contributed by atoms with Crippen LogP contribution in [0.3, 0.4) is 0 Å². The number of fused-ring (bicyclic) bond motifs is 5. The number of aromatic hydroxyl groups is 2. The van der Waals surface area contributed by atoms with Gasteiger partial charge >= 0.3 is 0 Å². The van der Waals surface area contributed by atoms with Crippen molar-refractivity contribution in [1.29, 1.82) is 0 Å². The third-order valence-corrected chi connectivity index (χ3v) is 6.13. The standard InChI is InChI=1S/C20H16O5/c21-13-3-1-2-10-18(13)16(24)8-12-9-4-6-14(22)19-15(23)7-5-11(17(9)19)20(10,12)25/h1-3,5,7,9,12,21,23,25H,4,6,8H2/t9-,12-,20-/m1/s1. The molecule has 126 valence electrons. The van der Waals surface area contributed by atoms with Gasteiger partial charge in [0.25, 0.3) is 0 Å². The molecule has 3 aliphatic carbocycles. The fourth-order valence-corrected chi connectivity index (χ4v) is 5.16. The van der Waals surface area contributed by atoms with Gasteiger partial charge in [-0.25, -0.2) is 0 Å². The molecule has 0 heterocycles. The largest absolute Gasteiger partial charge is 0.507 e. The van der Waals surface area contributed by atoms with Gasteiger partial charge in [0.2, 0.25) is 0 Å². The van der Waals surface area contributed by atoms with Crippen molar-refractivity contribution >= 4 is 11.6 Å². The topological polar surface area (TPSA) is 94.8 Å². The number of carbonyl (C=O) groups is 2. The van der Waals surface area contributed by atoms with Gasteiger partial charge in [-0.2, -0.15) is 0 Å². The highest BCUT2D eigenvalue weighted by Crippen LogP contribution is 2.61. The van der Waals surface area contributed by atoms with E-state index >= 15 is 0 Å². The quantitative estimate of drug-likeness (QED) is 0.687. The number of phenols is 2. The molecule has 0 fully saturated rings. The second-order valence-electron chi connectivity index (χ2n) is 7.19. The normalized spacial score (nSPS) is 29.2. The van der Waals surface area contributed by atoms with Crippen molar-refractivity contribution in [2.75, 3.05) is 0 Å². The summed E-state index contributed by atoms with van der Waals surface area (Å²) in [6.45, 7) is 0. The Labute approximate surface area is 143 Å². The van der Waals surface area contributed by atoms with Crippen molar-refractivity contribution in [2.24, 2.45) is 5.92 Å². The van der Waals surface area contributed by atoms with Crippen molar-refractivity contribution < 1.29 is 24.9 Å². The van der Waals surface area contributed by atoms with Crippen LogP contribution in [-0.4, -0.2) is 26.9 Å². The Morgan fingerprint density at radius 3 is 2.48 bits per heavy atom. The number of phenolic OH excluding ortho intramolecular Hbond substituents is 2. The zero-order chi connectivity index (χ0) is 17.5. The maximum absolute atomic E-state index is 12.7. The summed E-state index contributed by atoms with van der Waals surface area (Å²) in [6, 6.07) is 7.80. The minimum absolute atomic E-state index is 0.0712. The molecule has 3 aliphatic rings. The number of benzene rings is 2. The van der Waals surface area contributed by atoms with E-state index in [0.717, 1.165) is 0 Å². The minimum Gasteiger partial charge on any atom is -0.507 e. The summed E-state index contributed by atoms with van der Waals surface area (Å²) in [4.78, 5) is 25.0. The molecule has 0 unspecified atom stereocenters. The van der Waals surface area contributed by atoms with E-state index < -0.39 is 11.5 Å². The lowest BCUT2D eigenvalue weighted by Gasteiger charge is -2.39. The lowest BCUT2D eigenvalue weighted by Crippen LogP contribution is -2.40. The molecule has 25 heavy (non-hydrogen) atoms. The molecule has 0 aliphatic heterocycles. The van der Waals surface area contributed by atoms with Crippen LogP contribution in [0.25, 0.3) is 0 Å². The summed E-state index contributed by atoms with van der Waals surface area (Å²) in [5.74, 6) is -1.08. The van der Waals surface area contributed by atoms with Gasteiger partial charge in [-0.1, -0.05) is 18.2 Å². The van der Waals surface area contributed by atoms with Gasteiger partial charge in [0.15, 0.2) is 11.6 Å². The maximum Gasteiger partial charge on any atom is 0.167 e. The number of aliphatic hydroxyl groups is 1. The average molecular weight is 336 g/mol. The van der Waals surface area contributed by atoms with Gasteiger partial charge in [-0.3, -0.25) is 9.59 Å². The summed E-state index contributed by atoms with van der Waals surface area (Å²) in [5.41, 5.74) is 0.646. The van der Waals surface area contributed by atoms with E-state index in [1.165, 1.54) is 12.1 Å². The molecule has 5 rings (SSSR count). The Morgan fingerprint density at radius 1 is 0.920 bits per heavy atom. The Bertz CT molecular complexity index is 976. The van der Waals surface area contributed by atoms with Gasteiger partial charge in [0.05, 0.1) is 11.1 Å². The molecule has 2 aromatic carbocycles. The van der Waals surface area contributed by atoms with Gasteiger partial charge in [0, 0.05) is 24.3 Å². The van der Waals surface area contributed by atoms with E-state index in [1.54, 1.807) is 18.2 Å². The molecule has 0 bridgehead atoms. The molecular weight excluding hydrogens is 320 g/mol. The highest BCUT2D eigenvalue weighted by molar-refractivity contribution is 6.05. The summed E-state index contributed by atoms with van der Waals surface area (Å²) < 4.78 is 0. The Morgan fingerprint density at radius 2 is 1.68 bits per heavy atom. The molecule has 5 nitrogen and oxygen atoms in total. The molecule has 0 spiro atoms. The number of rotatable bonds is 0. The summed E-state index contributed by atoms with van der Waals surface area (Å²) in [5, 5.41) is 32.1. The first-order chi connectivity index (χ1) is 11.9. The van der Waals surface area contributed by atoms with Crippen LogP contribution in [0.5, 0.6) is 11.5 Å². The van der Waals surface area contributed by atoms with Gasteiger partial charge < -0.3 is 15.3 Å². The third kappa shape index (κ3) is 1.57. The summed E-state index contributed by atoms with van der Waals surface area (Å²) in [6.07, 6.45) is 0.952. The molecular formula is C20H16O5. The smallest absolute Gasteiger partial charge is 0.167 e. The molecule has 3 N–H and O–H groups in total. The second kappa shape index (κ2) is 4.49. The molecule has 0 amide bonds. The highest BCUT2D eigenvalue weighted by atomic mass is 16.3. The molecule has 2 aromatic rings. The zero-order valence-corrected chi connectivity index (χ0v) is 13.3. The monoisotopic (exact) mass is 336 g/mol. The van der Waals surface area contributed by atoms with Crippen molar-refractivity contribution in [2.45, 2.75) is 30.8 Å². The van der Waals surface area contributed by atoms with E-state index in [-0.39, 0.29) is 46.5 Å². The van der Waals surface area contributed by atoms with Crippen LogP contribution in [0.4, 0.5) is 0 Å². The molecule has 0 aromatic heterocycles. The van der Waals surface area contributed by atoms with E-state index in [9.17, 15) is 24.9 Å². The van der Waals surface area contributed by atoms with Crippen LogP contribution < -0.4 is 0 Å². The predicted octanol–water partition coefficient (Wildman–Crippen LogP) is 2.61. The molecule has 5 heteroatoms. The summed E-state index contributed by atoms with van der Waals surface area (Å²) in [7, 11) is 0. The number of ketones is 2. The fourth-order valence-electron chi connectivity index (χ4n) is 5.16. The average Bonchev–Trinajstić information content (AvgIpc) is 2.83. The predicted molar refractivity (Wildman–Crippen MR) is 88.0 cm³/mol. The van der Waals surface area contributed by atoms with Crippen molar-refractivity contribution in [3.8, 4) is 11.5 Å². The Hall–Kier alpha value is -2.66.